The van der Waals surface area contributed by atoms with Crippen LogP contribution in [-0.2, 0) is 33.2 Å². The van der Waals surface area contributed by atoms with Gasteiger partial charge >= 0.3 is 5.97 Å². The number of carbonyl (C=O) groups is 1. The number of sulfonamides is 1. The third-order valence-corrected chi connectivity index (χ3v) is 5.45. The molecule has 0 saturated heterocycles. The molecule has 0 aliphatic rings. The van der Waals surface area contributed by atoms with Gasteiger partial charge in [-0.2, -0.15) is 4.98 Å². The molecule has 1 N–H and O–H groups in total. The third kappa shape index (κ3) is 5.27. The number of esters is 1. The molecule has 0 bridgehead atoms. The molecule has 0 aliphatic carbocycles. The zero-order valence-corrected chi connectivity index (χ0v) is 17.1. The van der Waals surface area contributed by atoms with Crippen molar-refractivity contribution >= 4 is 16.0 Å². The number of ether oxygens (including phenoxy) is 1. The minimum atomic E-state index is -3.79. The molecule has 3 aromatic rings. The number of nitrogens with zero attached hydrogens (tertiary/aromatic N) is 4. The molecule has 0 saturated carbocycles. The van der Waals surface area contributed by atoms with Gasteiger partial charge in [-0.05, 0) is 13.8 Å². The van der Waals surface area contributed by atoms with Gasteiger partial charge in [-0.15, -0.1) is 0 Å². The van der Waals surface area contributed by atoms with Crippen molar-refractivity contribution in [2.45, 2.75) is 31.9 Å². The fourth-order valence-corrected chi connectivity index (χ4v) is 3.43. The lowest BCUT2D eigenvalue weighted by Gasteiger charge is -2.04. The Morgan fingerprint density at radius 3 is 2.59 bits per heavy atom. The fourth-order valence-electron chi connectivity index (χ4n) is 2.36. The molecule has 0 atom stereocenters. The number of benzene rings is 1. The van der Waals surface area contributed by atoms with Crippen molar-refractivity contribution < 1.29 is 22.5 Å². The van der Waals surface area contributed by atoms with E-state index in [9.17, 15) is 13.2 Å². The van der Waals surface area contributed by atoms with Crippen LogP contribution in [-0.4, -0.2) is 40.6 Å². The maximum absolute atomic E-state index is 12.1. The summed E-state index contributed by atoms with van der Waals surface area (Å²) < 4.78 is 38.3. The van der Waals surface area contributed by atoms with Crippen molar-refractivity contribution in [2.75, 3.05) is 6.54 Å². The highest BCUT2D eigenvalue weighted by atomic mass is 32.2. The molecule has 0 fully saturated rings. The van der Waals surface area contributed by atoms with Crippen LogP contribution in [0, 0.1) is 13.8 Å². The highest BCUT2D eigenvalue weighted by Crippen LogP contribution is 2.16. The Morgan fingerprint density at radius 1 is 1.21 bits per heavy atom. The molecule has 0 spiro atoms. The third-order valence-electron chi connectivity index (χ3n) is 4.12. The number of aryl methyl sites for hydroxylation is 3. The number of carbonyl (C=O) groups excluding carboxylic acids is 1. The molecule has 154 valence electrons. The van der Waals surface area contributed by atoms with Gasteiger partial charge in [-0.3, -0.25) is 4.79 Å². The first-order valence-corrected chi connectivity index (χ1v) is 10.3. The highest BCUT2D eigenvalue weighted by molar-refractivity contribution is 7.89. The van der Waals surface area contributed by atoms with Gasteiger partial charge in [0, 0.05) is 25.4 Å². The molecule has 2 aromatic heterocycles. The molecule has 0 aliphatic heterocycles. The monoisotopic (exact) mass is 419 g/mol. The van der Waals surface area contributed by atoms with E-state index in [1.165, 1.54) is 6.20 Å². The van der Waals surface area contributed by atoms with Crippen LogP contribution in [0.2, 0.25) is 0 Å². The van der Waals surface area contributed by atoms with Crippen LogP contribution in [0.1, 0.15) is 23.7 Å². The summed E-state index contributed by atoms with van der Waals surface area (Å²) in [7, 11) is -2.09. The van der Waals surface area contributed by atoms with Gasteiger partial charge in [0.1, 0.15) is 5.82 Å². The summed E-state index contributed by atoms with van der Waals surface area (Å²) in [5.74, 6) is 0.516. The number of rotatable bonds is 8. The molecule has 0 radical (unpaired) electrons. The van der Waals surface area contributed by atoms with Crippen molar-refractivity contribution in [3.63, 3.8) is 0 Å². The predicted octanol–water partition coefficient (Wildman–Crippen LogP) is 1.50. The summed E-state index contributed by atoms with van der Waals surface area (Å²) in [5, 5.41) is 3.76. The van der Waals surface area contributed by atoms with Gasteiger partial charge in [0.2, 0.25) is 5.82 Å². The van der Waals surface area contributed by atoms with Gasteiger partial charge in [0.05, 0.1) is 6.42 Å². The summed E-state index contributed by atoms with van der Waals surface area (Å²) >= 11 is 0. The van der Waals surface area contributed by atoms with E-state index < -0.39 is 16.0 Å². The summed E-state index contributed by atoms with van der Waals surface area (Å²) in [5.41, 5.74) is 1.90. The number of aromatic nitrogens is 4. The average molecular weight is 419 g/mol. The van der Waals surface area contributed by atoms with E-state index in [0.717, 1.165) is 11.1 Å². The number of hydrogen-bond donors (Lipinski definition) is 1. The summed E-state index contributed by atoms with van der Waals surface area (Å²) in [6, 6.07) is 7.59. The topological polar surface area (TPSA) is 129 Å². The Morgan fingerprint density at radius 2 is 1.93 bits per heavy atom. The van der Waals surface area contributed by atoms with Crippen LogP contribution in [0.15, 0.2) is 40.0 Å². The second kappa shape index (κ2) is 8.53. The van der Waals surface area contributed by atoms with Gasteiger partial charge in [0.15, 0.2) is 11.6 Å². The van der Waals surface area contributed by atoms with Gasteiger partial charge in [-0.1, -0.05) is 35.0 Å². The van der Waals surface area contributed by atoms with E-state index in [1.54, 1.807) is 18.5 Å². The molecule has 0 unspecified atom stereocenters. The minimum Gasteiger partial charge on any atom is -0.456 e. The van der Waals surface area contributed by atoms with E-state index >= 15 is 0 Å². The summed E-state index contributed by atoms with van der Waals surface area (Å²) in [4.78, 5) is 20.0. The molecule has 29 heavy (non-hydrogen) atoms. The smallest absolute Gasteiger partial charge is 0.307 e. The van der Waals surface area contributed by atoms with Crippen LogP contribution in [0.3, 0.4) is 0 Å². The molecule has 11 heteroatoms. The molecule has 10 nitrogen and oxygen atoms in total. The molecule has 1 aromatic carbocycles. The first-order chi connectivity index (χ1) is 13.7. The first kappa shape index (κ1) is 20.7. The quantitative estimate of drug-likeness (QED) is 0.544. The lowest BCUT2D eigenvalue weighted by molar-refractivity contribution is -0.145. The summed E-state index contributed by atoms with van der Waals surface area (Å²) in [6.45, 7) is 3.36. The molecule has 2 heterocycles. The number of hydrogen-bond acceptors (Lipinski definition) is 8. The highest BCUT2D eigenvalue weighted by Gasteiger charge is 2.19. The van der Waals surface area contributed by atoms with Crippen LogP contribution < -0.4 is 4.72 Å². The Labute approximate surface area is 168 Å². The van der Waals surface area contributed by atoms with Crippen LogP contribution in [0.5, 0.6) is 0 Å². The largest absolute Gasteiger partial charge is 0.456 e. The predicted molar refractivity (Wildman–Crippen MR) is 102 cm³/mol. The minimum absolute atomic E-state index is 0.0969. The van der Waals surface area contributed by atoms with E-state index in [1.807, 2.05) is 31.2 Å². The van der Waals surface area contributed by atoms with Crippen molar-refractivity contribution in [2.24, 2.45) is 7.05 Å². The van der Waals surface area contributed by atoms with E-state index in [-0.39, 0.29) is 30.5 Å². The lowest BCUT2D eigenvalue weighted by Crippen LogP contribution is -2.27. The Bertz CT molecular complexity index is 1080. The number of imidazole rings is 1. The molecule has 3 rings (SSSR count). The Kier molecular flexibility index (Phi) is 6.09. The van der Waals surface area contributed by atoms with Crippen molar-refractivity contribution in [1.29, 1.82) is 0 Å². The second-order valence-corrected chi connectivity index (χ2v) is 8.14. The van der Waals surface area contributed by atoms with Crippen molar-refractivity contribution in [1.82, 2.24) is 24.4 Å². The maximum atomic E-state index is 12.1. The second-order valence-electron chi connectivity index (χ2n) is 6.42. The fraction of sp³-hybridized carbons (Fsp3) is 0.333. The molecular formula is C18H21N5O5S. The lowest BCUT2D eigenvalue weighted by atomic mass is 10.1. The Balaban J connectivity index is 1.46. The van der Waals surface area contributed by atoms with E-state index in [4.69, 9.17) is 9.26 Å². The standard InChI is InChI=1S/C18H21N5O5S/c1-12-4-6-14(7-5-12)18-21-15(28-22-18)11-27-17(24)8-9-19-29(25,26)16-10-23(3)13(2)20-16/h4-7,10,19H,8-9,11H2,1-3H3. The first-order valence-electron chi connectivity index (χ1n) is 8.79. The van der Waals surface area contributed by atoms with Crippen LogP contribution in [0.25, 0.3) is 11.4 Å². The SMILES string of the molecule is Cc1ccc(-c2noc(COC(=O)CCNS(=O)(=O)c3cn(C)c(C)n3)n2)cc1. The van der Waals surface area contributed by atoms with Gasteiger partial charge in [-0.25, -0.2) is 18.1 Å². The Hall–Kier alpha value is -3.05. The summed E-state index contributed by atoms with van der Waals surface area (Å²) in [6.07, 6.45) is 1.25. The normalized spacial score (nSPS) is 11.6. The molecular weight excluding hydrogens is 398 g/mol. The van der Waals surface area contributed by atoms with Crippen LogP contribution in [0.4, 0.5) is 0 Å². The van der Waals surface area contributed by atoms with E-state index in [0.29, 0.717) is 11.6 Å². The van der Waals surface area contributed by atoms with Crippen LogP contribution >= 0.6 is 0 Å². The van der Waals surface area contributed by atoms with E-state index in [2.05, 4.69) is 19.8 Å². The zero-order chi connectivity index (χ0) is 21.0. The molecule has 0 amide bonds. The maximum Gasteiger partial charge on any atom is 0.307 e. The number of nitrogens with one attached hydrogen (secondary N) is 1. The van der Waals surface area contributed by atoms with Crippen molar-refractivity contribution in [3.8, 4) is 11.4 Å². The van der Waals surface area contributed by atoms with Gasteiger partial charge < -0.3 is 13.8 Å². The van der Waals surface area contributed by atoms with Crippen molar-refractivity contribution in [3.05, 3.63) is 47.7 Å². The zero-order valence-electron chi connectivity index (χ0n) is 16.2. The average Bonchev–Trinajstić information content (AvgIpc) is 3.28. The van der Waals surface area contributed by atoms with Gasteiger partial charge in [0.25, 0.3) is 15.9 Å².